The van der Waals surface area contributed by atoms with Gasteiger partial charge in [-0.05, 0) is 25.3 Å². The maximum atomic E-state index is 10.2. The monoisotopic (exact) mass is 185 g/mol. The predicted molar refractivity (Wildman–Crippen MR) is 51.7 cm³/mol. The average Bonchev–Trinajstić information content (AvgIpc) is 2.16. The summed E-state index contributed by atoms with van der Waals surface area (Å²) in [5, 5.41) is 0. The lowest BCUT2D eigenvalue weighted by molar-refractivity contribution is -0.108. The fourth-order valence-corrected chi connectivity index (χ4v) is 1.96. The van der Waals surface area contributed by atoms with E-state index in [2.05, 4.69) is 4.90 Å². The molecule has 0 aliphatic carbocycles. The van der Waals surface area contributed by atoms with Gasteiger partial charge in [-0.2, -0.15) is 0 Å². The van der Waals surface area contributed by atoms with E-state index in [9.17, 15) is 4.79 Å². The number of piperidine rings is 1. The predicted octanol–water partition coefficient (Wildman–Crippen LogP) is 0.934. The Morgan fingerprint density at radius 3 is 3.15 bits per heavy atom. The van der Waals surface area contributed by atoms with Crippen LogP contribution in [0.4, 0.5) is 0 Å². The molecule has 1 unspecified atom stereocenters. The number of aldehydes is 1. The first-order valence-electron chi connectivity index (χ1n) is 5.01. The van der Waals surface area contributed by atoms with E-state index < -0.39 is 0 Å². The van der Waals surface area contributed by atoms with Crippen LogP contribution in [0.5, 0.6) is 0 Å². The third-order valence-electron chi connectivity index (χ3n) is 2.57. The fraction of sp³-hybridized carbons (Fsp3) is 0.900. The zero-order valence-corrected chi connectivity index (χ0v) is 8.37. The molecule has 1 aliphatic heterocycles. The van der Waals surface area contributed by atoms with Gasteiger partial charge in [0.2, 0.25) is 0 Å². The number of rotatable bonds is 5. The Bertz CT molecular complexity index is 148. The molecule has 1 saturated heterocycles. The Kier molecular flexibility index (Phi) is 5.01. The van der Waals surface area contributed by atoms with E-state index >= 15 is 0 Å². The van der Waals surface area contributed by atoms with Crippen LogP contribution in [0.3, 0.4) is 0 Å². The van der Waals surface area contributed by atoms with Crippen molar-refractivity contribution in [1.82, 2.24) is 4.90 Å². The van der Waals surface area contributed by atoms with E-state index in [1.165, 1.54) is 12.8 Å². The number of hydrogen-bond donors (Lipinski definition) is 0. The highest BCUT2D eigenvalue weighted by molar-refractivity contribution is 5.49. The zero-order chi connectivity index (χ0) is 9.52. The van der Waals surface area contributed by atoms with Crippen LogP contribution in [0.1, 0.15) is 19.3 Å². The normalized spacial score (nSPS) is 24.5. The highest BCUT2D eigenvalue weighted by Gasteiger charge is 2.18. The minimum Gasteiger partial charge on any atom is -0.384 e. The molecule has 1 atom stereocenters. The maximum Gasteiger partial charge on any atom is 0.121 e. The van der Waals surface area contributed by atoms with Crippen molar-refractivity contribution in [2.75, 3.05) is 33.4 Å². The molecule has 1 aliphatic rings. The van der Waals surface area contributed by atoms with Gasteiger partial charge in [0.05, 0.1) is 6.61 Å². The van der Waals surface area contributed by atoms with Gasteiger partial charge < -0.3 is 14.4 Å². The number of nitrogens with zero attached hydrogens (tertiary/aromatic N) is 1. The lowest BCUT2D eigenvalue weighted by Gasteiger charge is -2.31. The number of likely N-dealkylation sites (tertiary alicyclic amines) is 1. The standard InChI is InChI=1S/C10H19NO2/c1-13-9-10-4-2-5-11(8-10)6-3-7-12/h7,10H,2-6,8-9H2,1H3. The molecule has 13 heavy (non-hydrogen) atoms. The molecule has 0 saturated carbocycles. The Hall–Kier alpha value is -0.410. The number of carbonyl (C=O) groups excluding carboxylic acids is 1. The van der Waals surface area contributed by atoms with E-state index in [0.29, 0.717) is 12.3 Å². The van der Waals surface area contributed by atoms with Gasteiger partial charge in [0.1, 0.15) is 6.29 Å². The van der Waals surface area contributed by atoms with Gasteiger partial charge in [-0.15, -0.1) is 0 Å². The molecule has 0 spiro atoms. The Morgan fingerprint density at radius 1 is 1.62 bits per heavy atom. The largest absolute Gasteiger partial charge is 0.384 e. The summed E-state index contributed by atoms with van der Waals surface area (Å²) in [5.41, 5.74) is 0. The molecule has 0 aromatic rings. The summed E-state index contributed by atoms with van der Waals surface area (Å²) in [6.07, 6.45) is 4.18. The molecule has 1 rings (SSSR count). The lowest BCUT2D eigenvalue weighted by atomic mass is 9.99. The van der Waals surface area contributed by atoms with Crippen LogP contribution in [0.2, 0.25) is 0 Å². The topological polar surface area (TPSA) is 29.5 Å². The van der Waals surface area contributed by atoms with Crippen molar-refractivity contribution in [2.45, 2.75) is 19.3 Å². The molecule has 3 heteroatoms. The van der Waals surface area contributed by atoms with E-state index in [1.54, 1.807) is 7.11 Å². The van der Waals surface area contributed by atoms with Crippen molar-refractivity contribution in [2.24, 2.45) is 5.92 Å². The smallest absolute Gasteiger partial charge is 0.121 e. The first-order valence-corrected chi connectivity index (χ1v) is 5.01. The Balaban J connectivity index is 2.20. The van der Waals surface area contributed by atoms with Crippen LogP contribution in [0.15, 0.2) is 0 Å². The van der Waals surface area contributed by atoms with Gasteiger partial charge in [-0.3, -0.25) is 0 Å². The summed E-state index contributed by atoms with van der Waals surface area (Å²) in [6, 6.07) is 0. The molecule has 0 radical (unpaired) electrons. The minimum atomic E-state index is 0.666. The van der Waals surface area contributed by atoms with Gasteiger partial charge >= 0.3 is 0 Å². The van der Waals surface area contributed by atoms with E-state index in [0.717, 1.165) is 32.5 Å². The van der Waals surface area contributed by atoms with Crippen LogP contribution in [-0.2, 0) is 9.53 Å². The molecule has 0 aromatic heterocycles. The second kappa shape index (κ2) is 6.11. The van der Waals surface area contributed by atoms with Crippen molar-refractivity contribution in [3.63, 3.8) is 0 Å². The van der Waals surface area contributed by atoms with Crippen molar-refractivity contribution in [3.8, 4) is 0 Å². The minimum absolute atomic E-state index is 0.666. The van der Waals surface area contributed by atoms with Gasteiger partial charge in [0.25, 0.3) is 0 Å². The molecule has 1 heterocycles. The van der Waals surface area contributed by atoms with Gasteiger partial charge in [-0.25, -0.2) is 0 Å². The quantitative estimate of drug-likeness (QED) is 0.597. The first kappa shape index (κ1) is 10.7. The Morgan fingerprint density at radius 2 is 2.46 bits per heavy atom. The van der Waals surface area contributed by atoms with Gasteiger partial charge in [0, 0.05) is 26.6 Å². The second-order valence-electron chi connectivity index (χ2n) is 3.72. The van der Waals surface area contributed by atoms with Crippen LogP contribution < -0.4 is 0 Å². The van der Waals surface area contributed by atoms with Crippen LogP contribution in [-0.4, -0.2) is 44.5 Å². The molecule has 76 valence electrons. The molecule has 0 N–H and O–H groups in total. The van der Waals surface area contributed by atoms with E-state index in [1.807, 2.05) is 0 Å². The molecule has 0 amide bonds. The van der Waals surface area contributed by atoms with E-state index in [-0.39, 0.29) is 0 Å². The SMILES string of the molecule is COCC1CCCN(CCC=O)C1. The van der Waals surface area contributed by atoms with Crippen molar-refractivity contribution < 1.29 is 9.53 Å². The van der Waals surface area contributed by atoms with Crippen LogP contribution in [0.25, 0.3) is 0 Å². The molecular weight excluding hydrogens is 166 g/mol. The summed E-state index contributed by atoms with van der Waals surface area (Å²) in [6.45, 7) is 4.02. The first-order chi connectivity index (χ1) is 6.36. The summed E-state index contributed by atoms with van der Waals surface area (Å²) in [7, 11) is 1.75. The highest BCUT2D eigenvalue weighted by Crippen LogP contribution is 2.16. The van der Waals surface area contributed by atoms with E-state index in [4.69, 9.17) is 4.74 Å². The van der Waals surface area contributed by atoms with Gasteiger partial charge in [0.15, 0.2) is 0 Å². The summed E-state index contributed by atoms with van der Waals surface area (Å²) in [5.74, 6) is 0.672. The summed E-state index contributed by atoms with van der Waals surface area (Å²) < 4.78 is 5.14. The number of carbonyl (C=O) groups is 1. The van der Waals surface area contributed by atoms with Crippen molar-refractivity contribution in [3.05, 3.63) is 0 Å². The second-order valence-corrected chi connectivity index (χ2v) is 3.72. The van der Waals surface area contributed by atoms with Crippen molar-refractivity contribution >= 4 is 6.29 Å². The third-order valence-corrected chi connectivity index (χ3v) is 2.57. The summed E-state index contributed by atoms with van der Waals surface area (Å²) >= 11 is 0. The fourth-order valence-electron chi connectivity index (χ4n) is 1.96. The van der Waals surface area contributed by atoms with Crippen LogP contribution >= 0.6 is 0 Å². The molecule has 3 nitrogen and oxygen atoms in total. The van der Waals surface area contributed by atoms with Crippen LogP contribution in [0, 0.1) is 5.92 Å². The molecule has 0 bridgehead atoms. The zero-order valence-electron chi connectivity index (χ0n) is 8.37. The summed E-state index contributed by atoms with van der Waals surface area (Å²) in [4.78, 5) is 12.6. The average molecular weight is 185 g/mol. The van der Waals surface area contributed by atoms with Gasteiger partial charge in [-0.1, -0.05) is 0 Å². The highest BCUT2D eigenvalue weighted by atomic mass is 16.5. The molecule has 0 aromatic carbocycles. The number of ether oxygens (including phenoxy) is 1. The maximum absolute atomic E-state index is 10.2. The number of methoxy groups -OCH3 is 1. The molecule has 1 fully saturated rings. The van der Waals surface area contributed by atoms with Crippen molar-refractivity contribution in [1.29, 1.82) is 0 Å². The Labute approximate surface area is 80.1 Å². The number of hydrogen-bond acceptors (Lipinski definition) is 3. The molecular formula is C10H19NO2. The lowest BCUT2D eigenvalue weighted by Crippen LogP contribution is -2.37. The third kappa shape index (κ3) is 3.87.